The lowest BCUT2D eigenvalue weighted by Gasteiger charge is -2.06. The first-order chi connectivity index (χ1) is 11.4. The van der Waals surface area contributed by atoms with Crippen LogP contribution in [-0.4, -0.2) is 15.0 Å². The van der Waals surface area contributed by atoms with Crippen LogP contribution in [0.2, 0.25) is 0 Å². The number of rotatable bonds is 3. The van der Waals surface area contributed by atoms with Crippen LogP contribution in [0.15, 0.2) is 78.7 Å². The van der Waals surface area contributed by atoms with Crippen molar-refractivity contribution in [2.75, 3.05) is 0 Å². The second-order valence-electron chi connectivity index (χ2n) is 5.07. The highest BCUT2D eigenvalue weighted by molar-refractivity contribution is 7.13. The largest absolute Gasteiger partial charge is 0.264 e. The Labute approximate surface area is 138 Å². The molecule has 0 aliphatic rings. The van der Waals surface area contributed by atoms with Gasteiger partial charge in [-0.2, -0.15) is 0 Å². The molecule has 0 bridgehead atoms. The molecule has 4 aromatic rings. The highest BCUT2D eigenvalue weighted by atomic mass is 32.1. The standard InChI is InChI=1S/C19H13N3S/c1-2-5-14(6-3-1)16-8-10-21-12-17(16)19-22-18(13-23-19)15-7-4-9-20-11-15/h1-13H. The van der Waals surface area contributed by atoms with Crippen molar-refractivity contribution in [3.05, 3.63) is 78.7 Å². The molecule has 3 heterocycles. The van der Waals surface area contributed by atoms with E-state index in [-0.39, 0.29) is 0 Å². The topological polar surface area (TPSA) is 38.7 Å². The lowest BCUT2D eigenvalue weighted by atomic mass is 10.0. The van der Waals surface area contributed by atoms with Gasteiger partial charge in [0, 0.05) is 41.3 Å². The van der Waals surface area contributed by atoms with Crippen molar-refractivity contribution in [1.29, 1.82) is 0 Å². The summed E-state index contributed by atoms with van der Waals surface area (Å²) >= 11 is 1.63. The second kappa shape index (κ2) is 6.10. The van der Waals surface area contributed by atoms with Crippen LogP contribution in [0.4, 0.5) is 0 Å². The Morgan fingerprint density at radius 3 is 2.35 bits per heavy atom. The molecule has 0 spiro atoms. The van der Waals surface area contributed by atoms with Gasteiger partial charge in [-0.25, -0.2) is 4.98 Å². The molecule has 0 N–H and O–H groups in total. The van der Waals surface area contributed by atoms with Crippen molar-refractivity contribution in [1.82, 2.24) is 15.0 Å². The van der Waals surface area contributed by atoms with Crippen LogP contribution in [-0.2, 0) is 0 Å². The SMILES string of the molecule is c1ccc(-c2ccncc2-c2nc(-c3cccnc3)cs2)cc1. The molecular weight excluding hydrogens is 302 g/mol. The van der Waals surface area contributed by atoms with E-state index in [4.69, 9.17) is 4.98 Å². The molecule has 0 amide bonds. The summed E-state index contributed by atoms with van der Waals surface area (Å²) in [6, 6.07) is 16.3. The number of pyridine rings is 2. The van der Waals surface area contributed by atoms with Gasteiger partial charge in [0.1, 0.15) is 5.01 Å². The fourth-order valence-electron chi connectivity index (χ4n) is 2.48. The molecule has 0 atom stereocenters. The van der Waals surface area contributed by atoms with Gasteiger partial charge in [0.15, 0.2) is 0 Å². The third kappa shape index (κ3) is 2.76. The molecule has 3 aromatic heterocycles. The molecule has 4 heteroatoms. The molecule has 4 rings (SSSR count). The molecule has 0 saturated carbocycles. The Balaban J connectivity index is 1.79. The molecular formula is C19H13N3S. The first-order valence-corrected chi connectivity index (χ1v) is 8.15. The lowest BCUT2D eigenvalue weighted by Crippen LogP contribution is -1.86. The fraction of sp³-hybridized carbons (Fsp3) is 0. The number of thiazole rings is 1. The molecule has 0 aliphatic carbocycles. The summed E-state index contributed by atoms with van der Waals surface area (Å²) in [6.45, 7) is 0. The average molecular weight is 315 g/mol. The molecule has 0 radical (unpaired) electrons. The Bertz CT molecular complexity index is 918. The second-order valence-corrected chi connectivity index (χ2v) is 5.92. The van der Waals surface area contributed by atoms with Crippen LogP contribution in [0.3, 0.4) is 0 Å². The van der Waals surface area contributed by atoms with Crippen LogP contribution in [0.25, 0.3) is 33.0 Å². The Hall–Kier alpha value is -2.85. The summed E-state index contributed by atoms with van der Waals surface area (Å²) < 4.78 is 0. The number of benzene rings is 1. The molecule has 1 aromatic carbocycles. The van der Waals surface area contributed by atoms with E-state index in [0.717, 1.165) is 27.4 Å². The summed E-state index contributed by atoms with van der Waals surface area (Å²) in [4.78, 5) is 13.2. The van der Waals surface area contributed by atoms with Gasteiger partial charge >= 0.3 is 0 Å². The third-order valence-electron chi connectivity index (χ3n) is 3.60. The smallest absolute Gasteiger partial charge is 0.126 e. The first-order valence-electron chi connectivity index (χ1n) is 7.27. The van der Waals surface area contributed by atoms with E-state index in [2.05, 4.69) is 27.5 Å². The number of aromatic nitrogens is 3. The zero-order valence-electron chi connectivity index (χ0n) is 12.3. The summed E-state index contributed by atoms with van der Waals surface area (Å²) in [6.07, 6.45) is 7.31. The van der Waals surface area contributed by atoms with Crippen LogP contribution in [0.5, 0.6) is 0 Å². The zero-order valence-corrected chi connectivity index (χ0v) is 13.1. The number of hydrogen-bond acceptors (Lipinski definition) is 4. The van der Waals surface area contributed by atoms with E-state index in [1.807, 2.05) is 55.0 Å². The molecule has 0 unspecified atom stereocenters. The Morgan fingerprint density at radius 1 is 0.696 bits per heavy atom. The quantitative estimate of drug-likeness (QED) is 0.538. The lowest BCUT2D eigenvalue weighted by molar-refractivity contribution is 1.29. The molecule has 110 valence electrons. The predicted molar refractivity (Wildman–Crippen MR) is 94.0 cm³/mol. The van der Waals surface area contributed by atoms with E-state index in [1.54, 1.807) is 17.5 Å². The van der Waals surface area contributed by atoms with Gasteiger partial charge in [-0.1, -0.05) is 30.3 Å². The molecule has 23 heavy (non-hydrogen) atoms. The van der Waals surface area contributed by atoms with E-state index in [9.17, 15) is 0 Å². The van der Waals surface area contributed by atoms with Gasteiger partial charge in [-0.15, -0.1) is 11.3 Å². The van der Waals surface area contributed by atoms with E-state index < -0.39 is 0 Å². The fourth-order valence-corrected chi connectivity index (χ4v) is 3.33. The summed E-state index contributed by atoms with van der Waals surface area (Å²) in [5.74, 6) is 0. The minimum atomic E-state index is 0.945. The van der Waals surface area contributed by atoms with Crippen LogP contribution < -0.4 is 0 Å². The van der Waals surface area contributed by atoms with Gasteiger partial charge in [0.25, 0.3) is 0 Å². The van der Waals surface area contributed by atoms with E-state index in [1.165, 1.54) is 5.56 Å². The van der Waals surface area contributed by atoms with Crippen LogP contribution >= 0.6 is 11.3 Å². The van der Waals surface area contributed by atoms with Gasteiger partial charge in [-0.05, 0) is 29.3 Å². The van der Waals surface area contributed by atoms with Gasteiger partial charge in [0.05, 0.1) is 5.69 Å². The van der Waals surface area contributed by atoms with Crippen molar-refractivity contribution in [2.45, 2.75) is 0 Å². The third-order valence-corrected chi connectivity index (χ3v) is 4.47. The summed E-state index contributed by atoms with van der Waals surface area (Å²) in [7, 11) is 0. The van der Waals surface area contributed by atoms with E-state index >= 15 is 0 Å². The zero-order chi connectivity index (χ0) is 15.5. The van der Waals surface area contributed by atoms with Gasteiger partial charge < -0.3 is 0 Å². The maximum atomic E-state index is 4.78. The Morgan fingerprint density at radius 2 is 1.52 bits per heavy atom. The summed E-state index contributed by atoms with van der Waals surface area (Å²) in [5, 5.41) is 3.03. The predicted octanol–water partition coefficient (Wildman–Crippen LogP) is 4.93. The monoisotopic (exact) mass is 315 g/mol. The minimum Gasteiger partial charge on any atom is -0.264 e. The normalized spacial score (nSPS) is 10.6. The van der Waals surface area contributed by atoms with E-state index in [0.29, 0.717) is 0 Å². The van der Waals surface area contributed by atoms with Crippen LogP contribution in [0, 0.1) is 0 Å². The highest BCUT2D eigenvalue weighted by Crippen LogP contribution is 2.34. The molecule has 3 nitrogen and oxygen atoms in total. The van der Waals surface area contributed by atoms with Crippen molar-refractivity contribution >= 4 is 11.3 Å². The number of hydrogen-bond donors (Lipinski definition) is 0. The van der Waals surface area contributed by atoms with Gasteiger partial charge in [-0.3, -0.25) is 9.97 Å². The summed E-state index contributed by atoms with van der Waals surface area (Å²) in [5.41, 5.74) is 5.34. The maximum Gasteiger partial charge on any atom is 0.126 e. The van der Waals surface area contributed by atoms with Gasteiger partial charge in [0.2, 0.25) is 0 Å². The van der Waals surface area contributed by atoms with Crippen molar-refractivity contribution in [3.63, 3.8) is 0 Å². The molecule has 0 saturated heterocycles. The Kier molecular flexibility index (Phi) is 3.66. The van der Waals surface area contributed by atoms with Crippen LogP contribution in [0.1, 0.15) is 0 Å². The molecule has 0 fully saturated rings. The maximum absolute atomic E-state index is 4.78. The number of nitrogens with zero attached hydrogens (tertiary/aromatic N) is 3. The highest BCUT2D eigenvalue weighted by Gasteiger charge is 2.12. The first kappa shape index (κ1) is 13.8. The molecule has 0 aliphatic heterocycles. The van der Waals surface area contributed by atoms with Crippen molar-refractivity contribution in [2.24, 2.45) is 0 Å². The van der Waals surface area contributed by atoms with Crippen molar-refractivity contribution < 1.29 is 0 Å². The average Bonchev–Trinajstić information content (AvgIpc) is 3.13. The van der Waals surface area contributed by atoms with Crippen molar-refractivity contribution in [3.8, 4) is 33.0 Å². The minimum absolute atomic E-state index is 0.945.